The number of hydrogen-bond acceptors (Lipinski definition) is 5. The van der Waals surface area contributed by atoms with Crippen LogP contribution in [0, 0.1) is 6.92 Å². The first-order chi connectivity index (χ1) is 6.26. The van der Waals surface area contributed by atoms with Gasteiger partial charge < -0.3 is 4.42 Å². The van der Waals surface area contributed by atoms with Gasteiger partial charge in [-0.25, -0.2) is 4.98 Å². The predicted octanol–water partition coefficient (Wildman–Crippen LogP) is 1.82. The van der Waals surface area contributed by atoms with Gasteiger partial charge in [0.1, 0.15) is 5.52 Å². The second-order valence-corrected chi connectivity index (χ2v) is 3.68. The van der Waals surface area contributed by atoms with Crippen LogP contribution in [0.15, 0.2) is 4.42 Å². The second-order valence-electron chi connectivity index (χ2n) is 2.50. The van der Waals surface area contributed by atoms with E-state index < -0.39 is 0 Å². The van der Waals surface area contributed by atoms with Crippen molar-refractivity contribution in [1.82, 2.24) is 4.98 Å². The van der Waals surface area contributed by atoms with Crippen LogP contribution in [-0.2, 0) is 0 Å². The Morgan fingerprint density at radius 3 is 2.77 bits per heavy atom. The molecule has 4 nitrogen and oxygen atoms in total. The minimum atomic E-state index is 0.0179. The maximum atomic E-state index is 10.6. The van der Waals surface area contributed by atoms with Crippen molar-refractivity contribution < 1.29 is 14.0 Å². The molecule has 5 heteroatoms. The molecule has 0 aromatic carbocycles. The van der Waals surface area contributed by atoms with E-state index in [1.807, 2.05) is 6.92 Å². The van der Waals surface area contributed by atoms with E-state index in [4.69, 9.17) is 4.42 Å². The van der Waals surface area contributed by atoms with E-state index in [2.05, 4.69) is 4.98 Å². The lowest BCUT2D eigenvalue weighted by Crippen LogP contribution is -1.82. The normalized spacial score (nSPS) is 10.5. The van der Waals surface area contributed by atoms with Gasteiger partial charge in [0.05, 0.1) is 5.56 Å². The molecule has 0 aliphatic carbocycles. The summed E-state index contributed by atoms with van der Waals surface area (Å²) in [6.45, 7) is 1.81. The van der Waals surface area contributed by atoms with E-state index in [1.54, 1.807) is 0 Å². The van der Waals surface area contributed by atoms with Crippen molar-refractivity contribution in [2.45, 2.75) is 6.92 Å². The number of nitrogens with zero attached hydrogens (tertiary/aromatic N) is 1. The molecule has 2 heterocycles. The third kappa shape index (κ3) is 1.08. The fourth-order valence-corrected chi connectivity index (χ4v) is 2.02. The molecule has 2 aromatic rings. The highest BCUT2D eigenvalue weighted by Gasteiger charge is 2.14. The van der Waals surface area contributed by atoms with Crippen molar-refractivity contribution in [2.24, 2.45) is 0 Å². The number of aryl methyl sites for hydroxylation is 1. The third-order valence-electron chi connectivity index (χ3n) is 1.71. The molecule has 0 aliphatic rings. The Labute approximate surface area is 77.2 Å². The van der Waals surface area contributed by atoms with Gasteiger partial charge in [-0.1, -0.05) is 0 Å². The number of aromatic nitrogens is 1. The van der Waals surface area contributed by atoms with Crippen molar-refractivity contribution in [2.75, 3.05) is 0 Å². The molecule has 0 atom stereocenters. The summed E-state index contributed by atoms with van der Waals surface area (Å²) >= 11 is 1.32. The van der Waals surface area contributed by atoms with Gasteiger partial charge in [-0.05, 0) is 6.92 Å². The highest BCUT2D eigenvalue weighted by atomic mass is 32.1. The number of carbonyl (C=O) groups is 2. The maximum absolute atomic E-state index is 10.6. The SMILES string of the molecule is Cc1sc2oc(C=O)nc2c1C=O. The van der Waals surface area contributed by atoms with Crippen LogP contribution < -0.4 is 0 Å². The molecule has 0 saturated heterocycles. The van der Waals surface area contributed by atoms with Crippen LogP contribution in [0.5, 0.6) is 0 Å². The van der Waals surface area contributed by atoms with Crippen molar-refractivity contribution in [1.29, 1.82) is 0 Å². The highest BCUT2D eigenvalue weighted by Crippen LogP contribution is 2.29. The zero-order chi connectivity index (χ0) is 9.42. The minimum absolute atomic E-state index is 0.0179. The Morgan fingerprint density at radius 2 is 2.15 bits per heavy atom. The van der Waals surface area contributed by atoms with E-state index in [1.165, 1.54) is 11.3 Å². The van der Waals surface area contributed by atoms with Crippen molar-refractivity contribution in [3.8, 4) is 0 Å². The van der Waals surface area contributed by atoms with Gasteiger partial charge in [0.2, 0.25) is 11.2 Å². The smallest absolute Gasteiger partial charge is 0.261 e. The molecule has 2 aromatic heterocycles. The number of thiophene rings is 1. The first kappa shape index (κ1) is 8.12. The molecule has 2 rings (SSSR count). The fraction of sp³-hybridized carbons (Fsp3) is 0.125. The van der Waals surface area contributed by atoms with Crippen molar-refractivity contribution in [3.05, 3.63) is 16.3 Å². The number of carbonyl (C=O) groups excluding carboxylic acids is 2. The van der Waals surface area contributed by atoms with Gasteiger partial charge in [0.25, 0.3) is 5.89 Å². The molecule has 0 N–H and O–H groups in total. The third-order valence-corrected chi connectivity index (χ3v) is 2.70. The molecular weight excluding hydrogens is 190 g/mol. The van der Waals surface area contributed by atoms with Gasteiger partial charge in [-0.3, -0.25) is 9.59 Å². The molecule has 0 radical (unpaired) electrons. The average molecular weight is 195 g/mol. The lowest BCUT2D eigenvalue weighted by Gasteiger charge is -1.82. The molecule has 0 spiro atoms. The summed E-state index contributed by atoms with van der Waals surface area (Å²) in [6, 6.07) is 0. The Bertz CT molecular complexity index is 483. The monoisotopic (exact) mass is 195 g/mol. The Morgan fingerprint density at radius 1 is 1.38 bits per heavy atom. The van der Waals surface area contributed by atoms with Crippen molar-refractivity contribution >= 4 is 34.3 Å². The summed E-state index contributed by atoms with van der Waals surface area (Å²) in [5.41, 5.74) is 0.997. The topological polar surface area (TPSA) is 60.2 Å². The van der Waals surface area contributed by atoms with Gasteiger partial charge in [-0.2, -0.15) is 0 Å². The highest BCUT2D eigenvalue weighted by molar-refractivity contribution is 7.18. The van der Waals surface area contributed by atoms with E-state index in [-0.39, 0.29) is 5.89 Å². The molecule has 13 heavy (non-hydrogen) atoms. The molecule has 0 aliphatic heterocycles. The molecular formula is C8H5NO3S. The zero-order valence-electron chi connectivity index (χ0n) is 6.73. The standard InChI is InChI=1S/C8H5NO3S/c1-4-5(2-10)7-8(13-4)12-6(3-11)9-7/h2-3H,1H3. The molecule has 0 bridgehead atoms. The first-order valence-corrected chi connectivity index (χ1v) is 4.38. The van der Waals surface area contributed by atoms with E-state index in [0.29, 0.717) is 22.3 Å². The second kappa shape index (κ2) is 2.77. The van der Waals surface area contributed by atoms with Gasteiger partial charge in [0, 0.05) is 4.88 Å². The maximum Gasteiger partial charge on any atom is 0.261 e. The van der Waals surface area contributed by atoms with Crippen LogP contribution in [0.25, 0.3) is 10.4 Å². The summed E-state index contributed by atoms with van der Waals surface area (Å²) in [6.07, 6.45) is 1.25. The first-order valence-electron chi connectivity index (χ1n) is 3.56. The average Bonchev–Trinajstić information content (AvgIpc) is 2.60. The Hall–Kier alpha value is -1.49. The quantitative estimate of drug-likeness (QED) is 0.686. The van der Waals surface area contributed by atoms with E-state index >= 15 is 0 Å². The van der Waals surface area contributed by atoms with E-state index in [9.17, 15) is 9.59 Å². The number of rotatable bonds is 2. The minimum Gasteiger partial charge on any atom is -0.423 e. The summed E-state index contributed by atoms with van der Waals surface area (Å²) in [5.74, 6) is 0.0179. The lowest BCUT2D eigenvalue weighted by atomic mass is 10.3. The lowest BCUT2D eigenvalue weighted by molar-refractivity contribution is 0.109. The van der Waals surface area contributed by atoms with Crippen molar-refractivity contribution in [3.63, 3.8) is 0 Å². The van der Waals surface area contributed by atoms with Gasteiger partial charge in [-0.15, -0.1) is 11.3 Å². The molecule has 0 unspecified atom stereocenters. The number of aldehydes is 2. The van der Waals surface area contributed by atoms with Crippen LogP contribution in [0.1, 0.15) is 25.9 Å². The summed E-state index contributed by atoms with van der Waals surface area (Å²) < 4.78 is 5.06. The van der Waals surface area contributed by atoms with Gasteiger partial charge >= 0.3 is 0 Å². The molecule has 0 amide bonds. The fourth-order valence-electron chi connectivity index (χ4n) is 1.11. The van der Waals surface area contributed by atoms with Crippen LogP contribution in [0.2, 0.25) is 0 Å². The van der Waals surface area contributed by atoms with Crippen LogP contribution in [0.4, 0.5) is 0 Å². The van der Waals surface area contributed by atoms with Crippen LogP contribution in [-0.4, -0.2) is 17.6 Å². The van der Waals surface area contributed by atoms with Gasteiger partial charge in [0.15, 0.2) is 6.29 Å². The number of oxazole rings is 1. The summed E-state index contributed by atoms with van der Waals surface area (Å²) in [4.78, 5) is 26.2. The zero-order valence-corrected chi connectivity index (χ0v) is 7.55. The number of hydrogen-bond donors (Lipinski definition) is 0. The van der Waals surface area contributed by atoms with Crippen LogP contribution >= 0.6 is 11.3 Å². The van der Waals surface area contributed by atoms with E-state index in [0.717, 1.165) is 11.2 Å². The largest absolute Gasteiger partial charge is 0.423 e. The Kier molecular flexibility index (Phi) is 1.73. The molecule has 0 saturated carbocycles. The summed E-state index contributed by atoms with van der Waals surface area (Å²) in [7, 11) is 0. The Balaban J connectivity index is 2.80. The molecule has 0 fully saturated rings. The predicted molar refractivity (Wildman–Crippen MR) is 47.4 cm³/mol. The van der Waals surface area contributed by atoms with Crippen LogP contribution in [0.3, 0.4) is 0 Å². The molecule has 66 valence electrons. The summed E-state index contributed by atoms with van der Waals surface area (Å²) in [5, 5.41) is 0. The number of fused-ring (bicyclic) bond motifs is 1.